The first-order valence-corrected chi connectivity index (χ1v) is 5.67. The van der Waals surface area contributed by atoms with E-state index in [4.69, 9.17) is 9.84 Å². The Kier molecular flexibility index (Phi) is 4.80. The van der Waals surface area contributed by atoms with Crippen molar-refractivity contribution in [3.8, 4) is 5.75 Å². The maximum absolute atomic E-state index is 13.6. The van der Waals surface area contributed by atoms with Crippen LogP contribution in [-0.4, -0.2) is 22.6 Å². The van der Waals surface area contributed by atoms with Crippen LogP contribution in [-0.2, 0) is 0 Å². The van der Waals surface area contributed by atoms with Crippen molar-refractivity contribution in [1.29, 1.82) is 0 Å². The first kappa shape index (κ1) is 14.9. The summed E-state index contributed by atoms with van der Waals surface area (Å²) in [7, 11) is 0. The molecule has 6 nitrogen and oxygen atoms in total. The van der Waals surface area contributed by atoms with E-state index >= 15 is 0 Å². The summed E-state index contributed by atoms with van der Waals surface area (Å²) in [6.45, 7) is 4.13. The monoisotopic (exact) mass is 271 g/mol. The number of carboxylic acids is 1. The van der Waals surface area contributed by atoms with E-state index in [1.54, 1.807) is 0 Å². The van der Waals surface area contributed by atoms with E-state index in [-0.39, 0.29) is 12.4 Å². The van der Waals surface area contributed by atoms with Gasteiger partial charge in [0.1, 0.15) is 5.56 Å². The molecule has 7 heteroatoms. The van der Waals surface area contributed by atoms with Gasteiger partial charge in [0.25, 0.3) is 5.69 Å². The molecule has 1 aromatic rings. The lowest BCUT2D eigenvalue weighted by molar-refractivity contribution is -0.385. The Labute approximate surface area is 109 Å². The third-order valence-electron chi connectivity index (χ3n) is 2.43. The molecule has 0 aliphatic carbocycles. The predicted molar refractivity (Wildman–Crippen MR) is 65.0 cm³/mol. The average molecular weight is 271 g/mol. The molecule has 0 heterocycles. The maximum atomic E-state index is 13.6. The van der Waals surface area contributed by atoms with Crippen molar-refractivity contribution in [3.05, 3.63) is 33.6 Å². The summed E-state index contributed by atoms with van der Waals surface area (Å²) in [6, 6.07) is 1.41. The minimum absolute atomic E-state index is 0.214. The molecule has 0 aliphatic rings. The van der Waals surface area contributed by atoms with Gasteiger partial charge in [0.15, 0.2) is 11.6 Å². The van der Waals surface area contributed by atoms with Crippen LogP contribution in [0.25, 0.3) is 0 Å². The first-order chi connectivity index (χ1) is 8.82. The van der Waals surface area contributed by atoms with Gasteiger partial charge in [0.05, 0.1) is 17.6 Å². The fourth-order valence-electron chi connectivity index (χ4n) is 1.38. The topological polar surface area (TPSA) is 89.7 Å². The number of nitrogens with zero attached hydrogens (tertiary/aromatic N) is 1. The summed E-state index contributed by atoms with van der Waals surface area (Å²) >= 11 is 0. The van der Waals surface area contributed by atoms with Crippen LogP contribution in [0.5, 0.6) is 5.75 Å². The van der Waals surface area contributed by atoms with Gasteiger partial charge in [-0.2, -0.15) is 0 Å². The van der Waals surface area contributed by atoms with Gasteiger partial charge in [-0.05, 0) is 12.3 Å². The quantitative estimate of drug-likeness (QED) is 0.634. The van der Waals surface area contributed by atoms with E-state index in [2.05, 4.69) is 0 Å². The van der Waals surface area contributed by atoms with Crippen LogP contribution in [0.3, 0.4) is 0 Å². The minimum atomic E-state index is -1.50. The Balaban J connectivity index is 3.04. The lowest BCUT2D eigenvalue weighted by atomic mass is 10.1. The summed E-state index contributed by atoms with van der Waals surface area (Å²) in [5.74, 6) is -2.38. The molecule has 0 atom stereocenters. The Morgan fingerprint density at radius 2 is 2.16 bits per heavy atom. The number of aromatic carboxylic acids is 1. The molecule has 1 aromatic carbocycles. The van der Waals surface area contributed by atoms with Gasteiger partial charge in [-0.3, -0.25) is 10.1 Å². The van der Waals surface area contributed by atoms with E-state index in [1.807, 2.05) is 13.8 Å². The third-order valence-corrected chi connectivity index (χ3v) is 2.43. The van der Waals surface area contributed by atoms with Gasteiger partial charge in [-0.1, -0.05) is 13.8 Å². The van der Waals surface area contributed by atoms with Crippen LogP contribution < -0.4 is 4.74 Å². The van der Waals surface area contributed by atoms with Crippen molar-refractivity contribution in [1.82, 2.24) is 0 Å². The number of rotatable bonds is 6. The smallest absolute Gasteiger partial charge is 0.342 e. The Morgan fingerprint density at radius 3 is 2.63 bits per heavy atom. The highest BCUT2D eigenvalue weighted by molar-refractivity contribution is 5.92. The van der Waals surface area contributed by atoms with Crippen molar-refractivity contribution in [2.45, 2.75) is 20.3 Å². The Morgan fingerprint density at radius 1 is 1.53 bits per heavy atom. The number of hydrogen-bond donors (Lipinski definition) is 1. The van der Waals surface area contributed by atoms with Crippen LogP contribution in [0.2, 0.25) is 0 Å². The molecule has 1 N–H and O–H groups in total. The number of benzene rings is 1. The van der Waals surface area contributed by atoms with E-state index < -0.39 is 28.0 Å². The molecule has 0 aliphatic heterocycles. The van der Waals surface area contributed by atoms with Crippen molar-refractivity contribution in [3.63, 3.8) is 0 Å². The molecule has 0 spiro atoms. The van der Waals surface area contributed by atoms with E-state index in [0.717, 1.165) is 6.07 Å². The molecule has 19 heavy (non-hydrogen) atoms. The fourth-order valence-corrected chi connectivity index (χ4v) is 1.38. The third kappa shape index (κ3) is 3.90. The molecule has 0 fully saturated rings. The van der Waals surface area contributed by atoms with E-state index in [9.17, 15) is 19.3 Å². The van der Waals surface area contributed by atoms with Crippen molar-refractivity contribution >= 4 is 11.7 Å². The van der Waals surface area contributed by atoms with Gasteiger partial charge in [-0.25, -0.2) is 9.18 Å². The average Bonchev–Trinajstić information content (AvgIpc) is 2.29. The highest BCUT2D eigenvalue weighted by Crippen LogP contribution is 2.28. The van der Waals surface area contributed by atoms with Gasteiger partial charge in [-0.15, -0.1) is 0 Å². The molecular weight excluding hydrogens is 257 g/mol. The maximum Gasteiger partial charge on any atom is 0.342 e. The molecule has 104 valence electrons. The molecule has 0 amide bonds. The fraction of sp³-hybridized carbons (Fsp3) is 0.417. The number of carboxylic acid groups (broad SMARTS) is 1. The van der Waals surface area contributed by atoms with Crippen LogP contribution in [0, 0.1) is 21.8 Å². The zero-order valence-corrected chi connectivity index (χ0v) is 10.6. The molecule has 1 rings (SSSR count). The van der Waals surface area contributed by atoms with E-state index in [0.29, 0.717) is 18.4 Å². The second kappa shape index (κ2) is 6.12. The van der Waals surface area contributed by atoms with Crippen LogP contribution in [0.15, 0.2) is 12.1 Å². The Hall–Kier alpha value is -2.18. The number of nitro groups is 1. The molecular formula is C12H14FNO5. The van der Waals surface area contributed by atoms with Crippen LogP contribution >= 0.6 is 0 Å². The molecule has 0 bridgehead atoms. The molecule has 0 saturated carbocycles. The van der Waals surface area contributed by atoms with Crippen LogP contribution in [0.1, 0.15) is 30.6 Å². The Bertz CT molecular complexity index is 501. The highest BCUT2D eigenvalue weighted by atomic mass is 19.1. The summed E-state index contributed by atoms with van der Waals surface area (Å²) in [6.07, 6.45) is 0.666. The molecule has 0 radical (unpaired) electrons. The zero-order chi connectivity index (χ0) is 14.6. The second-order valence-electron chi connectivity index (χ2n) is 4.39. The molecule has 0 unspecified atom stereocenters. The molecule has 0 aromatic heterocycles. The number of nitro benzene ring substituents is 1. The number of carbonyl (C=O) groups is 1. The molecule has 0 saturated heterocycles. The summed E-state index contributed by atoms with van der Waals surface area (Å²) in [4.78, 5) is 20.6. The zero-order valence-electron chi connectivity index (χ0n) is 10.6. The standard InChI is InChI=1S/C12H14FNO5/c1-7(2)3-4-19-11-5-8(12(15)16)10(14(17)18)6-9(11)13/h5-7H,3-4H2,1-2H3,(H,15,16). The highest BCUT2D eigenvalue weighted by Gasteiger charge is 2.23. The summed E-state index contributed by atoms with van der Waals surface area (Å²) < 4.78 is 18.7. The number of hydrogen-bond acceptors (Lipinski definition) is 4. The van der Waals surface area contributed by atoms with Crippen molar-refractivity contribution < 1.29 is 24.0 Å². The van der Waals surface area contributed by atoms with E-state index in [1.165, 1.54) is 0 Å². The lowest BCUT2D eigenvalue weighted by Crippen LogP contribution is -2.07. The van der Waals surface area contributed by atoms with Gasteiger partial charge in [0.2, 0.25) is 0 Å². The lowest BCUT2D eigenvalue weighted by Gasteiger charge is -2.09. The second-order valence-corrected chi connectivity index (χ2v) is 4.39. The SMILES string of the molecule is CC(C)CCOc1cc(C(=O)O)c([N+](=O)[O-])cc1F. The van der Waals surface area contributed by atoms with Crippen molar-refractivity contribution in [2.24, 2.45) is 5.92 Å². The summed E-state index contributed by atoms with van der Waals surface area (Å²) in [5.41, 5.74) is -1.38. The van der Waals surface area contributed by atoms with Crippen LogP contribution in [0.4, 0.5) is 10.1 Å². The predicted octanol–water partition coefficient (Wildman–Crippen LogP) is 2.86. The first-order valence-electron chi connectivity index (χ1n) is 5.67. The number of ether oxygens (including phenoxy) is 1. The normalized spacial score (nSPS) is 10.5. The largest absolute Gasteiger partial charge is 0.490 e. The van der Waals surface area contributed by atoms with Gasteiger partial charge < -0.3 is 9.84 Å². The van der Waals surface area contributed by atoms with Gasteiger partial charge in [0, 0.05) is 6.07 Å². The minimum Gasteiger partial charge on any atom is -0.490 e. The summed E-state index contributed by atoms with van der Waals surface area (Å²) in [5, 5.41) is 19.5. The van der Waals surface area contributed by atoms with Crippen molar-refractivity contribution in [2.75, 3.05) is 6.61 Å². The number of halogens is 1. The van der Waals surface area contributed by atoms with Gasteiger partial charge >= 0.3 is 5.97 Å².